The Morgan fingerprint density at radius 2 is 1.92 bits per heavy atom. The number of nitrogens with zero attached hydrogens (tertiary/aromatic N) is 4. The Labute approximate surface area is 145 Å². The molecule has 2 aliphatic heterocycles. The number of piperazine rings is 1. The Balaban J connectivity index is 1.97. The van der Waals surface area contributed by atoms with Gasteiger partial charge in [-0.2, -0.15) is 0 Å². The molecule has 5 nitrogen and oxygen atoms in total. The van der Waals surface area contributed by atoms with Gasteiger partial charge in [-0.05, 0) is 32.2 Å². The van der Waals surface area contributed by atoms with Crippen molar-refractivity contribution in [3.8, 4) is 0 Å². The Morgan fingerprint density at radius 3 is 2.67 bits per heavy atom. The highest BCUT2D eigenvalue weighted by Crippen LogP contribution is 2.32. The minimum Gasteiger partial charge on any atom is -0.354 e. The zero-order valence-electron chi connectivity index (χ0n) is 13.9. The van der Waals surface area contributed by atoms with Gasteiger partial charge in [0.15, 0.2) is 0 Å². The number of benzene rings is 1. The van der Waals surface area contributed by atoms with Crippen molar-refractivity contribution < 1.29 is 4.79 Å². The molecule has 1 fully saturated rings. The van der Waals surface area contributed by atoms with E-state index in [1.54, 1.807) is 16.2 Å². The van der Waals surface area contributed by atoms with Gasteiger partial charge >= 0.3 is 0 Å². The summed E-state index contributed by atoms with van der Waals surface area (Å²) >= 11 is 1.68. The SMILES string of the molecule is Cc1cc2c(s1)=Nc1ccccc1N(C=O)C=2N1CCN(C)CC1. The van der Waals surface area contributed by atoms with Crippen LogP contribution in [0.2, 0.25) is 0 Å². The van der Waals surface area contributed by atoms with Crippen LogP contribution in [0.3, 0.4) is 0 Å². The first-order valence-electron chi connectivity index (χ1n) is 8.14. The van der Waals surface area contributed by atoms with Crippen LogP contribution in [0, 0.1) is 6.92 Å². The largest absolute Gasteiger partial charge is 0.354 e. The molecular formula is C18H20N4OS. The van der Waals surface area contributed by atoms with E-state index >= 15 is 0 Å². The van der Waals surface area contributed by atoms with E-state index in [0.29, 0.717) is 0 Å². The van der Waals surface area contributed by atoms with Crippen LogP contribution in [0.1, 0.15) is 4.88 Å². The highest BCUT2D eigenvalue weighted by atomic mass is 32.1. The highest BCUT2D eigenvalue weighted by Gasteiger charge is 2.26. The van der Waals surface area contributed by atoms with Gasteiger partial charge in [0.05, 0.1) is 16.6 Å². The summed E-state index contributed by atoms with van der Waals surface area (Å²) in [4.78, 5) is 24.5. The lowest BCUT2D eigenvalue weighted by Gasteiger charge is -2.38. The molecule has 1 aromatic carbocycles. The number of fused-ring (bicyclic) bond motifs is 2. The molecule has 0 aliphatic carbocycles. The van der Waals surface area contributed by atoms with Gasteiger partial charge in [0, 0.05) is 31.1 Å². The fourth-order valence-corrected chi connectivity index (χ4v) is 4.19. The predicted molar refractivity (Wildman–Crippen MR) is 97.0 cm³/mol. The molecule has 124 valence electrons. The second-order valence-corrected chi connectivity index (χ2v) is 7.50. The maximum Gasteiger partial charge on any atom is 0.219 e. The highest BCUT2D eigenvalue weighted by molar-refractivity contribution is 7.09. The van der Waals surface area contributed by atoms with E-state index < -0.39 is 0 Å². The van der Waals surface area contributed by atoms with E-state index in [4.69, 9.17) is 4.99 Å². The molecule has 0 spiro atoms. The van der Waals surface area contributed by atoms with Gasteiger partial charge in [0.2, 0.25) is 6.41 Å². The Bertz CT molecular complexity index is 896. The van der Waals surface area contributed by atoms with Crippen molar-refractivity contribution in [3.63, 3.8) is 0 Å². The number of rotatable bonds is 2. The van der Waals surface area contributed by atoms with Crippen molar-refractivity contribution in [2.75, 3.05) is 38.1 Å². The maximum atomic E-state index is 12.0. The first kappa shape index (κ1) is 15.4. The van der Waals surface area contributed by atoms with Crippen LogP contribution in [0.15, 0.2) is 35.3 Å². The van der Waals surface area contributed by atoms with Gasteiger partial charge in [-0.25, -0.2) is 4.99 Å². The van der Waals surface area contributed by atoms with Crippen LogP contribution in [-0.2, 0) is 4.79 Å². The average molecular weight is 340 g/mol. The molecule has 0 radical (unpaired) electrons. The lowest BCUT2D eigenvalue weighted by atomic mass is 10.2. The monoisotopic (exact) mass is 340 g/mol. The van der Waals surface area contributed by atoms with E-state index in [1.165, 1.54) is 4.88 Å². The molecule has 6 heteroatoms. The van der Waals surface area contributed by atoms with Crippen molar-refractivity contribution in [1.82, 2.24) is 9.80 Å². The molecule has 2 aromatic rings. The second kappa shape index (κ2) is 6.03. The van der Waals surface area contributed by atoms with Crippen molar-refractivity contribution in [2.45, 2.75) is 6.92 Å². The fourth-order valence-electron chi connectivity index (χ4n) is 3.31. The molecule has 0 bridgehead atoms. The lowest BCUT2D eigenvalue weighted by molar-refractivity contribution is -0.107. The molecule has 1 aromatic heterocycles. The third kappa shape index (κ3) is 2.52. The van der Waals surface area contributed by atoms with Gasteiger partial charge in [-0.15, -0.1) is 11.3 Å². The van der Waals surface area contributed by atoms with Crippen LogP contribution in [0.4, 0.5) is 11.4 Å². The average Bonchev–Trinajstić information content (AvgIpc) is 2.88. The van der Waals surface area contributed by atoms with Crippen molar-refractivity contribution in [3.05, 3.63) is 45.1 Å². The van der Waals surface area contributed by atoms with Crippen LogP contribution < -0.4 is 14.8 Å². The number of aryl methyl sites for hydroxylation is 1. The lowest BCUT2D eigenvalue weighted by Crippen LogP contribution is -2.49. The van der Waals surface area contributed by atoms with E-state index in [-0.39, 0.29) is 0 Å². The molecular weight excluding hydrogens is 320 g/mol. The number of carbonyl (C=O) groups excluding carboxylic acids is 1. The van der Waals surface area contributed by atoms with Crippen LogP contribution in [0.25, 0.3) is 5.82 Å². The van der Waals surface area contributed by atoms with Gasteiger partial charge in [0.1, 0.15) is 10.5 Å². The first-order valence-corrected chi connectivity index (χ1v) is 8.95. The van der Waals surface area contributed by atoms with Crippen molar-refractivity contribution in [2.24, 2.45) is 4.99 Å². The maximum absolute atomic E-state index is 12.0. The Morgan fingerprint density at radius 1 is 1.17 bits per heavy atom. The number of hydrogen-bond donors (Lipinski definition) is 0. The Kier molecular flexibility index (Phi) is 3.86. The van der Waals surface area contributed by atoms with Gasteiger partial charge in [-0.1, -0.05) is 12.1 Å². The molecule has 24 heavy (non-hydrogen) atoms. The minimum atomic E-state index is 0.844. The smallest absolute Gasteiger partial charge is 0.219 e. The van der Waals surface area contributed by atoms with E-state index in [1.807, 2.05) is 24.3 Å². The summed E-state index contributed by atoms with van der Waals surface area (Å²) in [5, 5.41) is 1.06. The summed E-state index contributed by atoms with van der Waals surface area (Å²) < 4.78 is 0.984. The molecule has 1 amide bonds. The topological polar surface area (TPSA) is 39.2 Å². The van der Waals surface area contributed by atoms with Crippen LogP contribution >= 0.6 is 11.3 Å². The molecule has 2 aliphatic rings. The van der Waals surface area contributed by atoms with Gasteiger partial charge in [0.25, 0.3) is 0 Å². The molecule has 0 N–H and O–H groups in total. The van der Waals surface area contributed by atoms with Crippen LogP contribution in [-0.4, -0.2) is 49.4 Å². The van der Waals surface area contributed by atoms with E-state index in [9.17, 15) is 4.79 Å². The molecule has 3 heterocycles. The minimum absolute atomic E-state index is 0.844. The molecule has 1 saturated heterocycles. The normalized spacial score (nSPS) is 17.8. The summed E-state index contributed by atoms with van der Waals surface area (Å²) in [5.41, 5.74) is 1.69. The summed E-state index contributed by atoms with van der Waals surface area (Å²) in [6, 6.07) is 10.0. The fraction of sp³-hybridized carbons (Fsp3) is 0.333. The van der Waals surface area contributed by atoms with Crippen molar-refractivity contribution >= 4 is 34.9 Å². The zero-order valence-corrected chi connectivity index (χ0v) is 14.7. The number of para-hydroxylation sites is 2. The Hall–Kier alpha value is -2.18. The third-order valence-corrected chi connectivity index (χ3v) is 5.52. The summed E-state index contributed by atoms with van der Waals surface area (Å²) in [5.74, 6) is 0.964. The number of amides is 1. The molecule has 0 unspecified atom stereocenters. The summed E-state index contributed by atoms with van der Waals surface area (Å²) in [7, 11) is 2.14. The molecule has 0 atom stereocenters. The molecule has 4 rings (SSSR count). The third-order valence-electron chi connectivity index (χ3n) is 4.58. The number of carbonyl (C=O) groups is 1. The number of thiophene rings is 1. The zero-order chi connectivity index (χ0) is 16.7. The van der Waals surface area contributed by atoms with Crippen LogP contribution in [0.5, 0.6) is 0 Å². The second-order valence-electron chi connectivity index (χ2n) is 6.27. The van der Waals surface area contributed by atoms with E-state index in [0.717, 1.165) is 59.7 Å². The quantitative estimate of drug-likeness (QED) is 0.774. The van der Waals surface area contributed by atoms with Gasteiger partial charge < -0.3 is 9.80 Å². The predicted octanol–water partition coefficient (Wildman–Crippen LogP) is 1.30. The van der Waals surface area contributed by atoms with E-state index in [2.05, 4.69) is 29.8 Å². The molecule has 0 saturated carbocycles. The number of anilines is 1. The first-order chi connectivity index (χ1) is 11.7. The summed E-state index contributed by atoms with van der Waals surface area (Å²) in [6.45, 7) is 5.90. The number of hydrogen-bond acceptors (Lipinski definition) is 5. The summed E-state index contributed by atoms with van der Waals surface area (Å²) in [6.07, 6.45) is 0.921. The standard InChI is InChI=1S/C18H20N4OS/c1-13-11-14-17(24-13)19-15-5-3-4-6-16(15)22(12-23)18(14)21-9-7-20(2)8-10-21/h3-6,11-12H,7-10H2,1-2H3. The number of likely N-dealkylation sites (N-methyl/N-ethyl adjacent to an activating group) is 1. The van der Waals surface area contributed by atoms with Crippen molar-refractivity contribution in [1.29, 1.82) is 0 Å². The van der Waals surface area contributed by atoms with Gasteiger partial charge in [-0.3, -0.25) is 9.69 Å².